The Morgan fingerprint density at radius 1 is 1.50 bits per heavy atom. The third-order valence-corrected chi connectivity index (χ3v) is 3.20. The Morgan fingerprint density at radius 3 is 2.69 bits per heavy atom. The minimum Gasteiger partial charge on any atom is -0.324 e. The lowest BCUT2D eigenvalue weighted by atomic mass is 10.1. The van der Waals surface area contributed by atoms with Crippen molar-refractivity contribution in [3.63, 3.8) is 0 Å². The number of halogens is 1. The van der Waals surface area contributed by atoms with Crippen molar-refractivity contribution in [1.82, 2.24) is 0 Å². The van der Waals surface area contributed by atoms with Crippen LogP contribution in [0.15, 0.2) is 24.3 Å². The van der Waals surface area contributed by atoms with Crippen LogP contribution in [0, 0.1) is 5.82 Å². The lowest BCUT2D eigenvalue weighted by molar-refractivity contribution is 0.100. The predicted molar refractivity (Wildman–Crippen MR) is 57.0 cm³/mol. The summed E-state index contributed by atoms with van der Waals surface area (Å²) in [7, 11) is -3.95. The van der Waals surface area contributed by atoms with E-state index in [2.05, 4.69) is 4.52 Å². The van der Waals surface area contributed by atoms with Crippen LogP contribution in [0.5, 0.6) is 0 Å². The van der Waals surface area contributed by atoms with Gasteiger partial charge < -0.3 is 9.42 Å². The highest BCUT2D eigenvalue weighted by Gasteiger charge is 2.25. The fourth-order valence-electron chi connectivity index (χ4n) is 1.20. The summed E-state index contributed by atoms with van der Waals surface area (Å²) >= 11 is 0. The van der Waals surface area contributed by atoms with Gasteiger partial charge >= 0.3 is 7.60 Å². The van der Waals surface area contributed by atoms with Crippen molar-refractivity contribution >= 4 is 13.4 Å². The molecule has 1 aromatic carbocycles. The minimum atomic E-state index is -3.95. The molecule has 4 nitrogen and oxygen atoms in total. The van der Waals surface area contributed by atoms with Crippen LogP contribution in [0.3, 0.4) is 0 Å². The number of hydrogen-bond acceptors (Lipinski definition) is 3. The number of rotatable bonds is 5. The lowest BCUT2D eigenvalue weighted by Gasteiger charge is -2.09. The number of hydrogen-bond donors (Lipinski definition) is 1. The Morgan fingerprint density at radius 2 is 2.12 bits per heavy atom. The van der Waals surface area contributed by atoms with Gasteiger partial charge in [-0.1, -0.05) is 12.1 Å². The third kappa shape index (κ3) is 3.52. The van der Waals surface area contributed by atoms with E-state index in [-0.39, 0.29) is 12.2 Å². The van der Waals surface area contributed by atoms with Crippen LogP contribution in [0.1, 0.15) is 17.3 Å². The van der Waals surface area contributed by atoms with E-state index < -0.39 is 25.4 Å². The zero-order chi connectivity index (χ0) is 12.2. The van der Waals surface area contributed by atoms with Crippen LogP contribution in [0.2, 0.25) is 0 Å². The van der Waals surface area contributed by atoms with E-state index in [0.29, 0.717) is 0 Å². The molecule has 1 unspecified atom stereocenters. The summed E-state index contributed by atoms with van der Waals surface area (Å²) in [6.45, 7) is 1.56. The first kappa shape index (κ1) is 13.0. The predicted octanol–water partition coefficient (Wildman–Crippen LogP) is 2.23. The average molecular weight is 246 g/mol. The summed E-state index contributed by atoms with van der Waals surface area (Å²) in [4.78, 5) is 20.7. The monoisotopic (exact) mass is 246 g/mol. The standard InChI is InChI=1S/C10H12FO4P/c1-2-15-16(13,14)7-10(12)8-5-3-4-6-9(8)11/h3-6H,2,7H2,1H3,(H,13,14). The van der Waals surface area contributed by atoms with Crippen molar-refractivity contribution in [2.24, 2.45) is 0 Å². The van der Waals surface area contributed by atoms with E-state index in [0.717, 1.165) is 6.07 Å². The minimum absolute atomic E-state index is 0.0261. The van der Waals surface area contributed by atoms with Crippen LogP contribution >= 0.6 is 7.60 Å². The van der Waals surface area contributed by atoms with Gasteiger partial charge in [-0.05, 0) is 19.1 Å². The van der Waals surface area contributed by atoms with E-state index in [1.807, 2.05) is 0 Å². The number of carbonyl (C=O) groups is 1. The van der Waals surface area contributed by atoms with Crippen LogP contribution in [-0.2, 0) is 9.09 Å². The topological polar surface area (TPSA) is 63.6 Å². The van der Waals surface area contributed by atoms with Gasteiger partial charge in [0.2, 0.25) is 0 Å². The molecule has 0 saturated heterocycles. The summed E-state index contributed by atoms with van der Waals surface area (Å²) in [6, 6.07) is 5.31. The Hall–Kier alpha value is -1.03. The van der Waals surface area contributed by atoms with E-state index in [4.69, 9.17) is 0 Å². The third-order valence-electron chi connectivity index (χ3n) is 1.85. The number of ketones is 1. The van der Waals surface area contributed by atoms with Crippen LogP contribution in [0.25, 0.3) is 0 Å². The fourth-order valence-corrected chi connectivity index (χ4v) is 2.23. The van der Waals surface area contributed by atoms with Crippen molar-refractivity contribution in [3.8, 4) is 0 Å². The Kier molecular flexibility index (Phi) is 4.35. The summed E-state index contributed by atoms with van der Waals surface area (Å²) in [6.07, 6.45) is -0.707. The van der Waals surface area contributed by atoms with E-state index in [1.54, 1.807) is 0 Å². The maximum absolute atomic E-state index is 13.2. The SMILES string of the molecule is CCOP(=O)(O)CC(=O)c1ccccc1F. The molecule has 1 rings (SSSR count). The molecular formula is C10H12FO4P. The molecule has 0 spiro atoms. The normalized spacial score (nSPS) is 14.4. The molecule has 0 aromatic heterocycles. The molecule has 0 amide bonds. The van der Waals surface area contributed by atoms with Gasteiger partial charge in [-0.2, -0.15) is 0 Å². The Bertz CT molecular complexity index is 433. The molecule has 1 N–H and O–H groups in total. The van der Waals surface area contributed by atoms with Gasteiger partial charge in [0.25, 0.3) is 0 Å². The van der Waals surface area contributed by atoms with Crippen molar-refractivity contribution in [2.45, 2.75) is 6.92 Å². The summed E-state index contributed by atoms with van der Waals surface area (Å²) in [5, 5.41) is 0. The molecule has 0 radical (unpaired) electrons. The second-order valence-corrected chi connectivity index (χ2v) is 4.97. The first-order valence-corrected chi connectivity index (χ1v) is 6.46. The zero-order valence-electron chi connectivity index (χ0n) is 8.72. The Balaban J connectivity index is 2.81. The molecule has 0 bridgehead atoms. The maximum atomic E-state index is 13.2. The molecule has 1 atom stereocenters. The fraction of sp³-hybridized carbons (Fsp3) is 0.300. The molecule has 0 aliphatic heterocycles. The molecule has 0 aliphatic carbocycles. The quantitative estimate of drug-likeness (QED) is 0.639. The summed E-state index contributed by atoms with van der Waals surface area (Å²) < 4.78 is 29.0. The number of carbonyl (C=O) groups excluding carboxylic acids is 1. The van der Waals surface area contributed by atoms with E-state index >= 15 is 0 Å². The molecule has 0 saturated carbocycles. The molecule has 0 fully saturated rings. The molecule has 88 valence electrons. The van der Waals surface area contributed by atoms with Gasteiger partial charge in [0.1, 0.15) is 12.0 Å². The number of Topliss-reactive ketones (excluding diaryl/α,β-unsaturated/α-hetero) is 1. The molecule has 0 aliphatic rings. The zero-order valence-corrected chi connectivity index (χ0v) is 9.62. The molecule has 6 heteroatoms. The van der Waals surface area contributed by atoms with Crippen molar-refractivity contribution in [1.29, 1.82) is 0 Å². The van der Waals surface area contributed by atoms with Gasteiger partial charge in [0, 0.05) is 0 Å². The largest absolute Gasteiger partial charge is 0.335 e. The van der Waals surface area contributed by atoms with Crippen molar-refractivity contribution in [3.05, 3.63) is 35.6 Å². The smallest absolute Gasteiger partial charge is 0.324 e. The highest BCUT2D eigenvalue weighted by Crippen LogP contribution is 2.42. The maximum Gasteiger partial charge on any atom is 0.335 e. The second-order valence-electron chi connectivity index (χ2n) is 3.12. The van der Waals surface area contributed by atoms with Gasteiger partial charge in [0.15, 0.2) is 5.78 Å². The molecule has 0 heterocycles. The highest BCUT2D eigenvalue weighted by molar-refractivity contribution is 7.53. The van der Waals surface area contributed by atoms with E-state index in [9.17, 15) is 18.6 Å². The van der Waals surface area contributed by atoms with Crippen LogP contribution in [0.4, 0.5) is 4.39 Å². The first-order chi connectivity index (χ1) is 7.46. The average Bonchev–Trinajstić information content (AvgIpc) is 2.17. The number of benzene rings is 1. The molecule has 1 aromatic rings. The van der Waals surface area contributed by atoms with Gasteiger partial charge in [-0.25, -0.2) is 4.39 Å². The molecule has 16 heavy (non-hydrogen) atoms. The first-order valence-electron chi connectivity index (χ1n) is 4.70. The summed E-state index contributed by atoms with van der Waals surface area (Å²) in [5.74, 6) is -1.44. The van der Waals surface area contributed by atoms with Crippen LogP contribution in [-0.4, -0.2) is 23.4 Å². The Labute approximate surface area is 92.6 Å². The molecular weight excluding hydrogens is 234 g/mol. The highest BCUT2D eigenvalue weighted by atomic mass is 31.2. The van der Waals surface area contributed by atoms with Gasteiger partial charge in [-0.15, -0.1) is 0 Å². The van der Waals surface area contributed by atoms with Crippen molar-refractivity contribution in [2.75, 3.05) is 12.8 Å². The lowest BCUT2D eigenvalue weighted by Crippen LogP contribution is -2.09. The van der Waals surface area contributed by atoms with Crippen LogP contribution < -0.4 is 0 Å². The van der Waals surface area contributed by atoms with Crippen molar-refractivity contribution < 1.29 is 23.2 Å². The van der Waals surface area contributed by atoms with E-state index in [1.165, 1.54) is 25.1 Å². The van der Waals surface area contributed by atoms with Gasteiger partial charge in [-0.3, -0.25) is 9.36 Å². The second kappa shape index (κ2) is 5.34. The summed E-state index contributed by atoms with van der Waals surface area (Å²) in [5.41, 5.74) is -0.198. The van der Waals surface area contributed by atoms with Gasteiger partial charge in [0.05, 0.1) is 12.2 Å².